The Kier molecular flexibility index (Phi) is 7.44. The Balaban J connectivity index is 1.35. The average Bonchev–Trinajstić information content (AvgIpc) is 3.54. The van der Waals surface area contributed by atoms with Crippen molar-refractivity contribution in [2.45, 2.75) is 66.8 Å². The lowest BCUT2D eigenvalue weighted by Crippen LogP contribution is -2.42. The van der Waals surface area contributed by atoms with E-state index in [1.165, 1.54) is 21.7 Å². The van der Waals surface area contributed by atoms with E-state index in [0.717, 1.165) is 66.8 Å². The molecule has 1 spiro atoms. The Morgan fingerprint density at radius 1 is 1.00 bits per heavy atom. The molecular weight excluding hydrogens is 637 g/mol. The summed E-state index contributed by atoms with van der Waals surface area (Å²) in [6.07, 6.45) is 12.4. The van der Waals surface area contributed by atoms with Gasteiger partial charge in [-0.2, -0.15) is 0 Å². The zero-order chi connectivity index (χ0) is 29.2. The van der Waals surface area contributed by atoms with Crippen LogP contribution >= 0.6 is 34.6 Å². The number of piperidine rings is 1. The second-order valence-electron chi connectivity index (χ2n) is 13.7. The Labute approximate surface area is 265 Å². The first kappa shape index (κ1) is 29.0. The normalized spacial score (nSPS) is 16.8. The van der Waals surface area contributed by atoms with Gasteiger partial charge in [-0.15, -0.1) is 0 Å². The minimum atomic E-state index is -0.148. The number of imidazole rings is 1. The molecule has 0 saturated carbocycles. The van der Waals surface area contributed by atoms with E-state index >= 15 is 0 Å². The molecule has 6 rings (SSSR count). The van der Waals surface area contributed by atoms with Crippen LogP contribution in [0.1, 0.15) is 49.2 Å². The number of fused-ring (bicyclic) bond motifs is 2. The van der Waals surface area contributed by atoms with Crippen LogP contribution < -0.4 is 8.01 Å². The molecule has 208 valence electrons. The molecule has 4 aromatic rings. The number of halogens is 1. The molecule has 1 aliphatic heterocycles. The quantitative estimate of drug-likeness (QED) is 0.176. The molecule has 4 aromatic heterocycles. The second kappa shape index (κ2) is 10.5. The van der Waals surface area contributed by atoms with E-state index in [9.17, 15) is 0 Å². The summed E-state index contributed by atoms with van der Waals surface area (Å²) < 4.78 is 4.43. The predicted octanol–water partition coefficient (Wildman–Crippen LogP) is 1.90. The summed E-state index contributed by atoms with van der Waals surface area (Å²) in [6.45, 7) is 8.58. The van der Waals surface area contributed by atoms with Crippen molar-refractivity contribution >= 4 is 83.4 Å². The molecule has 5 heterocycles. The highest BCUT2D eigenvalue weighted by Gasteiger charge is 2.41. The van der Waals surface area contributed by atoms with Gasteiger partial charge in [-0.1, -0.05) is 22.9 Å². The summed E-state index contributed by atoms with van der Waals surface area (Å²) in [5.74, 6) is 2.00. The molecule has 0 aromatic carbocycles. The minimum absolute atomic E-state index is 0.0391. The fourth-order valence-corrected chi connectivity index (χ4v) is 7.93. The molecule has 0 amide bonds. The maximum atomic E-state index is 5.43. The van der Waals surface area contributed by atoms with Crippen LogP contribution in [0.3, 0.4) is 0 Å². The fourth-order valence-electron chi connectivity index (χ4n) is 6.16. The van der Waals surface area contributed by atoms with Crippen molar-refractivity contribution in [1.82, 2.24) is 24.3 Å². The summed E-state index contributed by atoms with van der Waals surface area (Å²) in [5.41, 5.74) is 6.27. The van der Waals surface area contributed by atoms with Gasteiger partial charge in [0.15, 0.2) is 5.65 Å². The van der Waals surface area contributed by atoms with Crippen LogP contribution in [-0.2, 0) is 18.0 Å². The molecule has 1 aliphatic carbocycles. The van der Waals surface area contributed by atoms with Crippen LogP contribution in [0.15, 0.2) is 52.8 Å². The van der Waals surface area contributed by atoms with Gasteiger partial charge in [0, 0.05) is 65.2 Å². The topological polar surface area (TPSA) is 62.5 Å². The first-order valence-electron chi connectivity index (χ1n) is 14.5. The Hall–Kier alpha value is -2.14. The lowest BCUT2D eigenvalue weighted by atomic mass is 9.41. The van der Waals surface area contributed by atoms with Gasteiger partial charge >= 0.3 is 0 Å². The van der Waals surface area contributed by atoms with Gasteiger partial charge in [0.2, 0.25) is 5.95 Å². The van der Waals surface area contributed by atoms with Crippen molar-refractivity contribution in [1.29, 1.82) is 0 Å². The van der Waals surface area contributed by atoms with Crippen LogP contribution in [-0.4, -0.2) is 74.2 Å². The summed E-state index contributed by atoms with van der Waals surface area (Å²) in [5, 5.41) is -0.148. The maximum Gasteiger partial charge on any atom is 0.211 e. The molecule has 0 atom stereocenters. The number of hydrogen-bond acceptors (Lipinski definition) is 7. The Bertz CT molecular complexity index is 1580. The highest BCUT2D eigenvalue weighted by molar-refractivity contribution is 14.1. The fraction of sp³-hybridized carbons (Fsp3) is 0.429. The van der Waals surface area contributed by atoms with Gasteiger partial charge in [-0.05, 0) is 69.6 Å². The summed E-state index contributed by atoms with van der Waals surface area (Å²) >= 11 is 4.15. The number of anilines is 2. The molecule has 7 nitrogen and oxygen atoms in total. The molecule has 41 heavy (non-hydrogen) atoms. The summed E-state index contributed by atoms with van der Waals surface area (Å²) in [4.78, 5) is 24.6. The van der Waals surface area contributed by atoms with E-state index in [0.29, 0.717) is 5.41 Å². The zero-order valence-electron chi connectivity index (χ0n) is 25.2. The largest absolute Gasteiger partial charge is 0.342 e. The number of rotatable bonds is 6. The summed E-state index contributed by atoms with van der Waals surface area (Å²) in [6, 6.07) is 6.46. The van der Waals surface area contributed by atoms with Crippen LogP contribution in [0.25, 0.3) is 5.65 Å². The molecule has 1 fully saturated rings. The Morgan fingerprint density at radius 2 is 1.76 bits per heavy atom. The molecule has 0 bridgehead atoms. The van der Waals surface area contributed by atoms with Gasteiger partial charge < -0.3 is 8.01 Å². The van der Waals surface area contributed by atoms with Crippen LogP contribution in [0.5, 0.6) is 0 Å². The smallest absolute Gasteiger partial charge is 0.211 e. The van der Waals surface area contributed by atoms with Crippen molar-refractivity contribution in [3.8, 4) is 0 Å². The van der Waals surface area contributed by atoms with Crippen LogP contribution in [0.2, 0.25) is 0 Å². The second-order valence-corrected chi connectivity index (χ2v) is 15.7. The first-order valence-corrected chi connectivity index (χ1v) is 16.3. The van der Waals surface area contributed by atoms with Crippen molar-refractivity contribution in [2.24, 2.45) is 5.41 Å². The number of aromatic nitrogens is 5. The summed E-state index contributed by atoms with van der Waals surface area (Å²) in [7, 11) is 8.98. The van der Waals surface area contributed by atoms with Gasteiger partial charge in [0.1, 0.15) is 13.7 Å². The Morgan fingerprint density at radius 3 is 2.44 bits per heavy atom. The van der Waals surface area contributed by atoms with Crippen molar-refractivity contribution in [3.63, 3.8) is 0 Å². The highest BCUT2D eigenvalue weighted by Crippen LogP contribution is 2.45. The molecule has 0 radical (unpaired) electrons. The standard InChI is InChI=1S/C28H36B4IN7S/c1-17-20(6-10-35-23(17)40(33)26(2,3)29)41-21-22(28(30,31)32)37-25(39-14-11-36-24(21)39)38-12-7-27(8-13-38)15-18-5-4-9-34-19(18)16-27/h4-6,9-11,14H,7-8,12-13,15-16,29-32H2,1-3H3. The lowest BCUT2D eigenvalue weighted by molar-refractivity contribution is 0.230. The third-order valence-corrected chi connectivity index (χ3v) is 11.7. The molecule has 1 saturated heterocycles. The predicted molar refractivity (Wildman–Crippen MR) is 188 cm³/mol. The van der Waals surface area contributed by atoms with Gasteiger partial charge in [-0.25, -0.2) is 15.0 Å². The maximum absolute atomic E-state index is 5.43. The van der Waals surface area contributed by atoms with Gasteiger partial charge in [-0.3, -0.25) is 9.38 Å². The molecule has 0 unspecified atom stereocenters. The van der Waals surface area contributed by atoms with Gasteiger partial charge in [0.25, 0.3) is 0 Å². The number of hydrogen-bond donors (Lipinski definition) is 0. The first-order chi connectivity index (χ1) is 19.4. The van der Waals surface area contributed by atoms with E-state index in [1.807, 2.05) is 18.6 Å². The van der Waals surface area contributed by atoms with Crippen molar-refractivity contribution < 1.29 is 0 Å². The SMILES string of the molecule is BC(B)(B)c1nc(N2CCC3(CC2)Cc2cccnc2C3)n2ccnc2c1Sc1ccnc(N(I)C(B)(C)C)c1C. The van der Waals surface area contributed by atoms with E-state index < -0.39 is 0 Å². The van der Waals surface area contributed by atoms with Crippen LogP contribution in [0.4, 0.5) is 11.8 Å². The monoisotopic (exact) mass is 673 g/mol. The van der Waals surface area contributed by atoms with Gasteiger partial charge in [0.05, 0.1) is 51.3 Å². The number of nitrogens with zero attached hydrogens (tertiary/aromatic N) is 7. The van der Waals surface area contributed by atoms with Crippen LogP contribution in [0, 0.1) is 12.3 Å². The highest BCUT2D eigenvalue weighted by atomic mass is 127. The lowest BCUT2D eigenvalue weighted by Gasteiger charge is -2.40. The third-order valence-electron chi connectivity index (χ3n) is 8.51. The van der Waals surface area contributed by atoms with E-state index in [-0.39, 0.29) is 10.6 Å². The molecular formula is C28H36B4IN7S. The van der Waals surface area contributed by atoms with E-state index in [4.69, 9.17) is 15.0 Å². The molecule has 0 N–H and O–H groups in total. The number of pyridine rings is 2. The van der Waals surface area contributed by atoms with E-state index in [1.54, 1.807) is 11.8 Å². The zero-order valence-corrected chi connectivity index (χ0v) is 28.2. The minimum Gasteiger partial charge on any atom is -0.342 e. The molecule has 13 heteroatoms. The van der Waals surface area contributed by atoms with Crippen molar-refractivity contribution in [2.75, 3.05) is 21.1 Å². The van der Waals surface area contributed by atoms with Crippen molar-refractivity contribution in [3.05, 3.63) is 65.5 Å². The third kappa shape index (κ3) is 5.41. The van der Waals surface area contributed by atoms with E-state index in [2.05, 4.69) is 117 Å². The average molecular weight is 673 g/mol. The molecule has 2 aliphatic rings.